The molecule has 3 aromatic carbocycles. The van der Waals surface area contributed by atoms with Crippen LogP contribution in [0.2, 0.25) is 0 Å². The standard InChI is InChI=1S/C25H24FNO/c26-21-12-10-20(11-13-21)24-22-8-4-5-9-23(22)25(28-24)14-16-27(17-15-25)18-19-6-2-1-3-7-19/h1-13,24H,14-18H2. The molecule has 0 N–H and O–H groups in total. The molecule has 0 saturated carbocycles. The summed E-state index contributed by atoms with van der Waals surface area (Å²) in [5, 5.41) is 0. The first-order valence-electron chi connectivity index (χ1n) is 10.0. The van der Waals surface area contributed by atoms with Crippen molar-refractivity contribution in [2.24, 2.45) is 0 Å². The fourth-order valence-electron chi connectivity index (χ4n) is 4.68. The van der Waals surface area contributed by atoms with Crippen LogP contribution in [-0.4, -0.2) is 18.0 Å². The number of rotatable bonds is 3. The highest BCUT2D eigenvalue weighted by Gasteiger charge is 2.46. The van der Waals surface area contributed by atoms with Crippen molar-refractivity contribution in [3.05, 3.63) is 107 Å². The predicted octanol–water partition coefficient (Wildman–Crippen LogP) is 5.44. The molecule has 142 valence electrons. The Bertz CT molecular complexity index is 946. The molecule has 2 nitrogen and oxygen atoms in total. The largest absolute Gasteiger partial charge is 0.358 e. The number of halogens is 1. The average Bonchev–Trinajstić information content (AvgIpc) is 3.06. The number of hydrogen-bond donors (Lipinski definition) is 0. The second-order valence-electron chi connectivity index (χ2n) is 7.89. The van der Waals surface area contributed by atoms with Gasteiger partial charge in [0.2, 0.25) is 0 Å². The highest BCUT2D eigenvalue weighted by molar-refractivity contribution is 5.43. The van der Waals surface area contributed by atoms with E-state index in [1.54, 1.807) is 0 Å². The molecule has 1 atom stereocenters. The van der Waals surface area contributed by atoms with Gasteiger partial charge in [-0.25, -0.2) is 4.39 Å². The highest BCUT2D eigenvalue weighted by atomic mass is 19.1. The van der Waals surface area contributed by atoms with Gasteiger partial charge in [-0.1, -0.05) is 66.7 Å². The minimum Gasteiger partial charge on any atom is -0.358 e. The van der Waals surface area contributed by atoms with Crippen LogP contribution in [-0.2, 0) is 16.9 Å². The lowest BCUT2D eigenvalue weighted by Gasteiger charge is -2.40. The normalized spacial score (nSPS) is 21.0. The fraction of sp³-hybridized carbons (Fsp3) is 0.280. The summed E-state index contributed by atoms with van der Waals surface area (Å²) in [6.07, 6.45) is 1.85. The third-order valence-electron chi connectivity index (χ3n) is 6.16. The maximum absolute atomic E-state index is 13.4. The van der Waals surface area contributed by atoms with E-state index in [-0.39, 0.29) is 17.5 Å². The molecular formula is C25H24FNO. The Hall–Kier alpha value is -2.49. The van der Waals surface area contributed by atoms with Crippen molar-refractivity contribution in [2.45, 2.75) is 31.1 Å². The molecule has 3 heteroatoms. The smallest absolute Gasteiger partial charge is 0.123 e. The van der Waals surface area contributed by atoms with E-state index in [0.717, 1.165) is 38.0 Å². The molecule has 0 aliphatic carbocycles. The maximum Gasteiger partial charge on any atom is 0.123 e. The average molecular weight is 373 g/mol. The van der Waals surface area contributed by atoms with Crippen LogP contribution in [0, 0.1) is 5.82 Å². The Morgan fingerprint density at radius 1 is 0.857 bits per heavy atom. The number of ether oxygens (including phenoxy) is 1. The summed E-state index contributed by atoms with van der Waals surface area (Å²) < 4.78 is 20.1. The molecule has 2 aliphatic rings. The molecular weight excluding hydrogens is 349 g/mol. The topological polar surface area (TPSA) is 12.5 Å². The summed E-state index contributed by atoms with van der Waals surface area (Å²) in [5.74, 6) is -0.209. The van der Waals surface area contributed by atoms with Gasteiger partial charge in [0, 0.05) is 19.6 Å². The summed E-state index contributed by atoms with van der Waals surface area (Å²) in [6.45, 7) is 3.01. The van der Waals surface area contributed by atoms with E-state index in [1.165, 1.54) is 28.8 Å². The van der Waals surface area contributed by atoms with E-state index in [4.69, 9.17) is 4.74 Å². The van der Waals surface area contributed by atoms with E-state index in [1.807, 2.05) is 12.1 Å². The molecule has 1 saturated heterocycles. The van der Waals surface area contributed by atoms with Gasteiger partial charge in [0.05, 0.1) is 5.60 Å². The number of fused-ring (bicyclic) bond motifs is 2. The van der Waals surface area contributed by atoms with Crippen LogP contribution >= 0.6 is 0 Å². The molecule has 2 aliphatic heterocycles. The lowest BCUT2D eigenvalue weighted by atomic mass is 9.83. The Balaban J connectivity index is 1.38. The van der Waals surface area contributed by atoms with Crippen molar-refractivity contribution >= 4 is 0 Å². The van der Waals surface area contributed by atoms with Gasteiger partial charge >= 0.3 is 0 Å². The molecule has 0 radical (unpaired) electrons. The van der Waals surface area contributed by atoms with Gasteiger partial charge in [0.15, 0.2) is 0 Å². The van der Waals surface area contributed by atoms with Crippen LogP contribution in [0.5, 0.6) is 0 Å². The molecule has 2 heterocycles. The quantitative estimate of drug-likeness (QED) is 0.606. The Morgan fingerprint density at radius 3 is 2.29 bits per heavy atom. The van der Waals surface area contributed by atoms with E-state index < -0.39 is 0 Å². The lowest BCUT2D eigenvalue weighted by Crippen LogP contribution is -2.42. The third-order valence-corrected chi connectivity index (χ3v) is 6.16. The molecule has 1 fully saturated rings. The first kappa shape index (κ1) is 17.6. The number of piperidine rings is 1. The van der Waals surface area contributed by atoms with Crippen LogP contribution in [0.15, 0.2) is 78.9 Å². The van der Waals surface area contributed by atoms with Crippen LogP contribution < -0.4 is 0 Å². The SMILES string of the molecule is Fc1ccc(C2OC3(CCN(Cc4ccccc4)CC3)c3ccccc32)cc1. The second-order valence-corrected chi connectivity index (χ2v) is 7.89. The van der Waals surface area contributed by atoms with Crippen molar-refractivity contribution in [1.82, 2.24) is 4.90 Å². The molecule has 28 heavy (non-hydrogen) atoms. The van der Waals surface area contributed by atoms with Crippen molar-refractivity contribution in [3.63, 3.8) is 0 Å². The number of benzene rings is 3. The fourth-order valence-corrected chi connectivity index (χ4v) is 4.68. The molecule has 1 spiro atoms. The highest BCUT2D eigenvalue weighted by Crippen LogP contribution is 2.51. The van der Waals surface area contributed by atoms with Crippen LogP contribution in [0.4, 0.5) is 4.39 Å². The molecule has 0 aromatic heterocycles. The van der Waals surface area contributed by atoms with Crippen molar-refractivity contribution in [2.75, 3.05) is 13.1 Å². The molecule has 0 amide bonds. The Kier molecular flexibility index (Phi) is 4.50. The van der Waals surface area contributed by atoms with Gasteiger partial charge in [0.25, 0.3) is 0 Å². The van der Waals surface area contributed by atoms with E-state index in [0.29, 0.717) is 0 Å². The summed E-state index contributed by atoms with van der Waals surface area (Å²) >= 11 is 0. The number of nitrogens with zero attached hydrogens (tertiary/aromatic N) is 1. The zero-order chi connectivity index (χ0) is 19.0. The minimum absolute atomic E-state index is 0.113. The van der Waals surface area contributed by atoms with Gasteiger partial charge in [-0.15, -0.1) is 0 Å². The summed E-state index contributed by atoms with van der Waals surface area (Å²) in [4.78, 5) is 2.51. The summed E-state index contributed by atoms with van der Waals surface area (Å²) in [6, 6.07) is 25.9. The second kappa shape index (κ2) is 7.16. The third kappa shape index (κ3) is 3.15. The monoisotopic (exact) mass is 373 g/mol. The summed E-state index contributed by atoms with van der Waals surface area (Å²) in [5.41, 5.74) is 4.69. The molecule has 0 bridgehead atoms. The van der Waals surface area contributed by atoms with Gasteiger partial charge in [-0.05, 0) is 47.2 Å². The molecule has 3 aromatic rings. The van der Waals surface area contributed by atoms with E-state index in [2.05, 4.69) is 59.5 Å². The minimum atomic E-state index is -0.233. The van der Waals surface area contributed by atoms with E-state index >= 15 is 0 Å². The maximum atomic E-state index is 13.4. The predicted molar refractivity (Wildman–Crippen MR) is 108 cm³/mol. The van der Waals surface area contributed by atoms with Gasteiger partial charge in [0.1, 0.15) is 11.9 Å². The first-order valence-corrected chi connectivity index (χ1v) is 10.0. The molecule has 5 rings (SSSR count). The Labute approximate surface area is 165 Å². The van der Waals surface area contributed by atoms with Crippen molar-refractivity contribution < 1.29 is 9.13 Å². The van der Waals surface area contributed by atoms with Crippen molar-refractivity contribution in [3.8, 4) is 0 Å². The van der Waals surface area contributed by atoms with Crippen LogP contribution in [0.3, 0.4) is 0 Å². The Morgan fingerprint density at radius 2 is 1.54 bits per heavy atom. The molecule has 1 unspecified atom stereocenters. The van der Waals surface area contributed by atoms with Gasteiger partial charge in [-0.3, -0.25) is 4.90 Å². The van der Waals surface area contributed by atoms with E-state index in [9.17, 15) is 4.39 Å². The summed E-state index contributed by atoms with van der Waals surface area (Å²) in [7, 11) is 0. The number of likely N-dealkylation sites (tertiary alicyclic amines) is 1. The first-order chi connectivity index (χ1) is 13.7. The van der Waals surface area contributed by atoms with Gasteiger partial charge in [-0.2, -0.15) is 0 Å². The van der Waals surface area contributed by atoms with Gasteiger partial charge < -0.3 is 4.74 Å². The van der Waals surface area contributed by atoms with Crippen LogP contribution in [0.1, 0.15) is 41.2 Å². The zero-order valence-electron chi connectivity index (χ0n) is 15.9. The van der Waals surface area contributed by atoms with Crippen molar-refractivity contribution in [1.29, 1.82) is 0 Å². The van der Waals surface area contributed by atoms with Crippen LogP contribution in [0.25, 0.3) is 0 Å². The lowest BCUT2D eigenvalue weighted by molar-refractivity contribution is -0.0978. The number of hydrogen-bond acceptors (Lipinski definition) is 2. The zero-order valence-corrected chi connectivity index (χ0v) is 15.9.